The highest BCUT2D eigenvalue weighted by molar-refractivity contribution is 5.81. The van der Waals surface area contributed by atoms with Crippen LogP contribution < -0.4 is 5.73 Å². The number of rotatable bonds is 4. The summed E-state index contributed by atoms with van der Waals surface area (Å²) in [7, 11) is 0. The van der Waals surface area contributed by atoms with E-state index in [4.69, 9.17) is 5.73 Å². The molecular formula is C11H21NO. The van der Waals surface area contributed by atoms with Crippen LogP contribution >= 0.6 is 0 Å². The smallest absolute Gasteiger partial charge is 0.136 e. The van der Waals surface area contributed by atoms with Gasteiger partial charge in [0.25, 0.3) is 0 Å². The quantitative estimate of drug-likeness (QED) is 0.725. The standard InChI is InChI=1S/C11H21NO/c1-2-5-11(13)10-7-4-3-6-9(10)8-12/h9-10H,2-8,12H2,1H3. The second kappa shape index (κ2) is 5.38. The third-order valence-electron chi connectivity index (χ3n) is 3.12. The van der Waals surface area contributed by atoms with Gasteiger partial charge in [0.1, 0.15) is 5.78 Å². The van der Waals surface area contributed by atoms with Gasteiger partial charge >= 0.3 is 0 Å². The minimum absolute atomic E-state index is 0.290. The van der Waals surface area contributed by atoms with Crippen molar-refractivity contribution in [3.8, 4) is 0 Å². The third kappa shape index (κ3) is 2.80. The molecule has 1 saturated carbocycles. The van der Waals surface area contributed by atoms with Gasteiger partial charge in [0.05, 0.1) is 0 Å². The van der Waals surface area contributed by atoms with Gasteiger partial charge in [-0.05, 0) is 31.7 Å². The van der Waals surface area contributed by atoms with Gasteiger partial charge in [-0.25, -0.2) is 0 Å². The maximum Gasteiger partial charge on any atom is 0.136 e. The Balaban J connectivity index is 2.48. The number of hydrogen-bond donors (Lipinski definition) is 1. The van der Waals surface area contributed by atoms with E-state index in [1.165, 1.54) is 12.8 Å². The van der Waals surface area contributed by atoms with Crippen LogP contribution in [0.4, 0.5) is 0 Å². The molecule has 0 spiro atoms. The SMILES string of the molecule is CCCC(=O)C1CCCCC1CN. The monoisotopic (exact) mass is 183 g/mol. The van der Waals surface area contributed by atoms with Crippen LogP contribution in [0.15, 0.2) is 0 Å². The van der Waals surface area contributed by atoms with E-state index in [0.717, 1.165) is 25.7 Å². The van der Waals surface area contributed by atoms with Crippen LogP contribution in [0.1, 0.15) is 45.4 Å². The molecule has 0 bridgehead atoms. The first kappa shape index (κ1) is 10.7. The van der Waals surface area contributed by atoms with Crippen molar-refractivity contribution in [3.05, 3.63) is 0 Å². The maximum absolute atomic E-state index is 11.7. The zero-order chi connectivity index (χ0) is 9.68. The molecule has 0 radical (unpaired) electrons. The fraction of sp³-hybridized carbons (Fsp3) is 0.909. The lowest BCUT2D eigenvalue weighted by Gasteiger charge is -2.29. The van der Waals surface area contributed by atoms with Gasteiger partial charge in [0, 0.05) is 12.3 Å². The van der Waals surface area contributed by atoms with Gasteiger partial charge in [0.15, 0.2) is 0 Å². The highest BCUT2D eigenvalue weighted by Crippen LogP contribution is 2.30. The molecule has 2 unspecified atom stereocenters. The number of Topliss-reactive ketones (excluding diaryl/α,β-unsaturated/α-hetero) is 1. The molecule has 1 rings (SSSR count). The summed E-state index contributed by atoms with van der Waals surface area (Å²) in [6.45, 7) is 2.76. The molecule has 0 amide bonds. The van der Waals surface area contributed by atoms with Crippen molar-refractivity contribution >= 4 is 5.78 Å². The summed E-state index contributed by atoms with van der Waals surface area (Å²) >= 11 is 0. The van der Waals surface area contributed by atoms with E-state index in [-0.39, 0.29) is 0 Å². The van der Waals surface area contributed by atoms with Crippen molar-refractivity contribution in [2.45, 2.75) is 45.4 Å². The van der Waals surface area contributed by atoms with Gasteiger partial charge in [-0.1, -0.05) is 19.8 Å². The van der Waals surface area contributed by atoms with Gasteiger partial charge in [0.2, 0.25) is 0 Å². The summed E-state index contributed by atoms with van der Waals surface area (Å²) in [4.78, 5) is 11.7. The second-order valence-corrected chi connectivity index (χ2v) is 4.10. The maximum atomic E-state index is 11.7. The summed E-state index contributed by atoms with van der Waals surface area (Å²) < 4.78 is 0. The van der Waals surface area contributed by atoms with E-state index in [1.807, 2.05) is 0 Å². The van der Waals surface area contributed by atoms with Crippen LogP contribution in [0, 0.1) is 11.8 Å². The fourth-order valence-corrected chi connectivity index (χ4v) is 2.35. The second-order valence-electron chi connectivity index (χ2n) is 4.10. The Morgan fingerprint density at radius 1 is 1.38 bits per heavy atom. The molecule has 13 heavy (non-hydrogen) atoms. The van der Waals surface area contributed by atoms with Gasteiger partial charge < -0.3 is 5.73 Å². The molecular weight excluding hydrogens is 162 g/mol. The lowest BCUT2D eigenvalue weighted by molar-refractivity contribution is -0.125. The number of carbonyl (C=O) groups is 1. The predicted octanol–water partition coefficient (Wildman–Crippen LogP) is 2.12. The van der Waals surface area contributed by atoms with Crippen molar-refractivity contribution in [3.63, 3.8) is 0 Å². The average molecular weight is 183 g/mol. The van der Waals surface area contributed by atoms with Crippen LogP contribution in [0.25, 0.3) is 0 Å². The minimum atomic E-state index is 0.290. The summed E-state index contributed by atoms with van der Waals surface area (Å²) in [6, 6.07) is 0. The zero-order valence-electron chi connectivity index (χ0n) is 8.59. The van der Waals surface area contributed by atoms with E-state index in [9.17, 15) is 4.79 Å². The summed E-state index contributed by atoms with van der Waals surface area (Å²) in [6.07, 6.45) is 6.46. The molecule has 0 aromatic heterocycles. The van der Waals surface area contributed by atoms with Crippen LogP contribution in [0.3, 0.4) is 0 Å². The molecule has 0 aromatic rings. The molecule has 2 N–H and O–H groups in total. The topological polar surface area (TPSA) is 43.1 Å². The number of nitrogens with two attached hydrogens (primary N) is 1. The molecule has 2 atom stereocenters. The van der Waals surface area contributed by atoms with Gasteiger partial charge in [-0.15, -0.1) is 0 Å². The number of carbonyl (C=O) groups excluding carboxylic acids is 1. The first-order chi connectivity index (χ1) is 6.29. The molecule has 0 heterocycles. The van der Waals surface area contributed by atoms with Crippen molar-refractivity contribution < 1.29 is 4.79 Å². The summed E-state index contributed by atoms with van der Waals surface area (Å²) in [5.74, 6) is 1.23. The van der Waals surface area contributed by atoms with E-state index in [2.05, 4.69) is 6.92 Å². The van der Waals surface area contributed by atoms with Crippen molar-refractivity contribution in [2.24, 2.45) is 17.6 Å². The average Bonchev–Trinajstić information content (AvgIpc) is 2.18. The van der Waals surface area contributed by atoms with Crippen molar-refractivity contribution in [1.29, 1.82) is 0 Å². The van der Waals surface area contributed by atoms with E-state index in [0.29, 0.717) is 24.2 Å². The van der Waals surface area contributed by atoms with Crippen molar-refractivity contribution in [2.75, 3.05) is 6.54 Å². The lowest BCUT2D eigenvalue weighted by Crippen LogP contribution is -2.32. The van der Waals surface area contributed by atoms with Gasteiger partial charge in [-0.2, -0.15) is 0 Å². The van der Waals surface area contributed by atoms with Gasteiger partial charge in [-0.3, -0.25) is 4.79 Å². The van der Waals surface area contributed by atoms with E-state index >= 15 is 0 Å². The molecule has 1 fully saturated rings. The fourth-order valence-electron chi connectivity index (χ4n) is 2.35. The lowest BCUT2D eigenvalue weighted by atomic mass is 9.76. The predicted molar refractivity (Wildman–Crippen MR) is 54.4 cm³/mol. The Bertz CT molecular complexity index is 167. The van der Waals surface area contributed by atoms with Crippen LogP contribution in [-0.2, 0) is 4.79 Å². The first-order valence-electron chi connectivity index (χ1n) is 5.52. The molecule has 0 aromatic carbocycles. The molecule has 2 heteroatoms. The molecule has 0 aliphatic heterocycles. The van der Waals surface area contributed by atoms with Crippen LogP contribution in [0.2, 0.25) is 0 Å². The molecule has 0 saturated heterocycles. The Morgan fingerprint density at radius 3 is 2.69 bits per heavy atom. The zero-order valence-corrected chi connectivity index (χ0v) is 8.59. The summed E-state index contributed by atoms with van der Waals surface area (Å²) in [5.41, 5.74) is 5.68. The molecule has 76 valence electrons. The highest BCUT2D eigenvalue weighted by atomic mass is 16.1. The Hall–Kier alpha value is -0.370. The normalized spacial score (nSPS) is 28.8. The van der Waals surface area contributed by atoms with E-state index in [1.54, 1.807) is 0 Å². The largest absolute Gasteiger partial charge is 0.330 e. The Morgan fingerprint density at radius 2 is 2.08 bits per heavy atom. The van der Waals surface area contributed by atoms with Crippen LogP contribution in [0.5, 0.6) is 0 Å². The highest BCUT2D eigenvalue weighted by Gasteiger charge is 2.28. The summed E-state index contributed by atoms with van der Waals surface area (Å²) in [5, 5.41) is 0. The first-order valence-corrected chi connectivity index (χ1v) is 5.52. The molecule has 1 aliphatic carbocycles. The Labute approximate surface area is 80.9 Å². The molecule has 2 nitrogen and oxygen atoms in total. The number of ketones is 1. The van der Waals surface area contributed by atoms with Crippen LogP contribution in [-0.4, -0.2) is 12.3 Å². The molecule has 1 aliphatic rings. The number of hydrogen-bond acceptors (Lipinski definition) is 2. The minimum Gasteiger partial charge on any atom is -0.330 e. The van der Waals surface area contributed by atoms with Crippen molar-refractivity contribution in [1.82, 2.24) is 0 Å². The Kier molecular flexibility index (Phi) is 4.43. The van der Waals surface area contributed by atoms with E-state index < -0.39 is 0 Å². The third-order valence-corrected chi connectivity index (χ3v) is 3.12.